The second kappa shape index (κ2) is 12.8. The Kier molecular flexibility index (Phi) is 9.36. The van der Waals surface area contributed by atoms with Crippen molar-refractivity contribution in [2.24, 2.45) is 0 Å². The molecule has 1 aromatic heterocycles. The van der Waals surface area contributed by atoms with E-state index in [0.29, 0.717) is 29.1 Å². The zero-order valence-electron chi connectivity index (χ0n) is 23.8. The Balaban J connectivity index is 1.65. The first kappa shape index (κ1) is 30.8. The number of piperidine rings is 1. The Hall–Kier alpha value is -4.17. The number of rotatable bonds is 9. The lowest BCUT2D eigenvalue weighted by molar-refractivity contribution is -0.137. The molecule has 3 aromatic rings. The average Bonchev–Trinajstić information content (AvgIpc) is 2.98. The van der Waals surface area contributed by atoms with Crippen LogP contribution in [0.1, 0.15) is 36.0 Å². The lowest BCUT2D eigenvalue weighted by Crippen LogP contribution is -2.52. The van der Waals surface area contributed by atoms with Gasteiger partial charge in [0.1, 0.15) is 23.3 Å². The molecule has 2 aromatic carbocycles. The molecular weight excluding hydrogens is 550 g/mol. The van der Waals surface area contributed by atoms with Crippen molar-refractivity contribution in [1.82, 2.24) is 15.2 Å². The van der Waals surface area contributed by atoms with E-state index in [1.54, 1.807) is 29.2 Å². The van der Waals surface area contributed by atoms with Gasteiger partial charge in [-0.05, 0) is 81.9 Å². The Morgan fingerprint density at radius 1 is 1.17 bits per heavy atom. The average molecular weight is 584 g/mol. The van der Waals surface area contributed by atoms with E-state index in [9.17, 15) is 23.2 Å². The molecule has 0 saturated carbocycles. The highest BCUT2D eigenvalue weighted by Gasteiger charge is 2.44. The maximum absolute atomic E-state index is 15.6. The van der Waals surface area contributed by atoms with E-state index in [1.165, 1.54) is 25.4 Å². The van der Waals surface area contributed by atoms with E-state index >= 15 is 4.39 Å². The van der Waals surface area contributed by atoms with Crippen LogP contribution in [0.4, 0.5) is 23.2 Å². The number of methoxy groups -OCH3 is 1. The van der Waals surface area contributed by atoms with Crippen LogP contribution in [0, 0.1) is 17.1 Å². The molecule has 0 unspecified atom stereocenters. The number of aromatic nitrogens is 1. The number of para-hydroxylation sites is 1. The molecule has 0 aliphatic carbocycles. The summed E-state index contributed by atoms with van der Waals surface area (Å²) in [5.41, 5.74) is -0.772. The van der Waals surface area contributed by atoms with Crippen molar-refractivity contribution >= 4 is 11.6 Å². The Labute approximate surface area is 242 Å². The molecule has 1 N–H and O–H groups in total. The molecule has 1 aliphatic rings. The number of halogens is 4. The molecule has 4 rings (SSSR count). The predicted molar refractivity (Wildman–Crippen MR) is 152 cm³/mol. The highest BCUT2D eigenvalue weighted by Crippen LogP contribution is 2.40. The summed E-state index contributed by atoms with van der Waals surface area (Å²) < 4.78 is 60.7. The number of alkyl halides is 3. The molecule has 1 saturated heterocycles. The van der Waals surface area contributed by atoms with Crippen LogP contribution in [0.25, 0.3) is 11.3 Å². The fraction of sp³-hybridized carbons (Fsp3) is 0.387. The SMILES string of the molecule is COc1ccccc1-c1ncc(C2(C(=O)NCCCN(C)C)CCN(c3ccc(C(F)(F)F)cc3C#N)CC2)cc1F. The van der Waals surface area contributed by atoms with Gasteiger partial charge in [0.25, 0.3) is 0 Å². The van der Waals surface area contributed by atoms with E-state index in [4.69, 9.17) is 4.74 Å². The largest absolute Gasteiger partial charge is 0.496 e. The normalized spacial score (nSPS) is 14.9. The van der Waals surface area contributed by atoms with Crippen molar-refractivity contribution in [2.45, 2.75) is 30.9 Å². The van der Waals surface area contributed by atoms with Gasteiger partial charge in [0.2, 0.25) is 5.91 Å². The number of nitriles is 1. The summed E-state index contributed by atoms with van der Waals surface area (Å²) in [6.45, 7) is 1.73. The lowest BCUT2D eigenvalue weighted by atomic mass is 9.72. The number of benzene rings is 2. The first-order valence-electron chi connectivity index (χ1n) is 13.6. The number of anilines is 1. The van der Waals surface area contributed by atoms with E-state index < -0.39 is 23.0 Å². The van der Waals surface area contributed by atoms with Gasteiger partial charge in [0.15, 0.2) is 0 Å². The second-order valence-electron chi connectivity index (χ2n) is 10.6. The highest BCUT2D eigenvalue weighted by atomic mass is 19.4. The summed E-state index contributed by atoms with van der Waals surface area (Å²) in [5.74, 6) is -0.406. The van der Waals surface area contributed by atoms with Crippen LogP contribution in [0.5, 0.6) is 5.75 Å². The van der Waals surface area contributed by atoms with Crippen LogP contribution in [0.3, 0.4) is 0 Å². The summed E-state index contributed by atoms with van der Waals surface area (Å²) in [6.07, 6.45) is -1.85. The number of pyridine rings is 1. The number of nitrogens with one attached hydrogen (secondary N) is 1. The van der Waals surface area contributed by atoms with Crippen LogP contribution < -0.4 is 15.0 Å². The molecular formula is C31H33F4N5O2. The lowest BCUT2D eigenvalue weighted by Gasteiger charge is -2.42. The molecule has 1 amide bonds. The van der Waals surface area contributed by atoms with Crippen LogP contribution >= 0.6 is 0 Å². The highest BCUT2D eigenvalue weighted by molar-refractivity contribution is 5.89. The third-order valence-electron chi connectivity index (χ3n) is 7.66. The van der Waals surface area contributed by atoms with Crippen molar-refractivity contribution in [3.8, 4) is 23.1 Å². The van der Waals surface area contributed by atoms with Gasteiger partial charge < -0.3 is 19.9 Å². The third kappa shape index (κ3) is 6.49. The summed E-state index contributed by atoms with van der Waals surface area (Å²) in [4.78, 5) is 22.0. The maximum atomic E-state index is 15.6. The molecule has 222 valence electrons. The number of nitrogens with zero attached hydrogens (tertiary/aromatic N) is 4. The molecule has 11 heteroatoms. The number of ether oxygens (including phenoxy) is 1. The van der Waals surface area contributed by atoms with E-state index in [2.05, 4.69) is 10.3 Å². The fourth-order valence-electron chi connectivity index (χ4n) is 5.36. The topological polar surface area (TPSA) is 81.5 Å². The quantitative estimate of drug-likeness (QED) is 0.269. The van der Waals surface area contributed by atoms with E-state index in [1.807, 2.05) is 25.1 Å². The zero-order chi connectivity index (χ0) is 30.5. The summed E-state index contributed by atoms with van der Waals surface area (Å²) in [5, 5.41) is 12.6. The molecule has 0 atom stereocenters. The van der Waals surface area contributed by atoms with Crippen LogP contribution in [-0.2, 0) is 16.4 Å². The smallest absolute Gasteiger partial charge is 0.416 e. The molecule has 1 fully saturated rings. The number of hydrogen-bond acceptors (Lipinski definition) is 6. The number of hydrogen-bond donors (Lipinski definition) is 1. The minimum atomic E-state index is -4.57. The van der Waals surface area contributed by atoms with E-state index in [0.717, 1.165) is 25.1 Å². The fourth-order valence-corrected chi connectivity index (χ4v) is 5.36. The van der Waals surface area contributed by atoms with Gasteiger partial charge in [0.05, 0.1) is 29.3 Å². The van der Waals surface area contributed by atoms with Gasteiger partial charge in [-0.3, -0.25) is 9.78 Å². The molecule has 0 spiro atoms. The minimum Gasteiger partial charge on any atom is -0.496 e. The first-order valence-corrected chi connectivity index (χ1v) is 13.6. The van der Waals surface area contributed by atoms with Crippen molar-refractivity contribution in [2.75, 3.05) is 52.3 Å². The molecule has 0 bridgehead atoms. The molecule has 0 radical (unpaired) electrons. The summed E-state index contributed by atoms with van der Waals surface area (Å²) in [7, 11) is 5.37. The maximum Gasteiger partial charge on any atom is 0.416 e. The van der Waals surface area contributed by atoms with Crippen LogP contribution in [0.15, 0.2) is 54.7 Å². The van der Waals surface area contributed by atoms with Crippen LogP contribution in [0.2, 0.25) is 0 Å². The third-order valence-corrected chi connectivity index (χ3v) is 7.66. The Morgan fingerprint density at radius 2 is 1.88 bits per heavy atom. The van der Waals surface area contributed by atoms with Crippen molar-refractivity contribution in [1.29, 1.82) is 5.26 Å². The van der Waals surface area contributed by atoms with Crippen molar-refractivity contribution in [3.05, 3.63) is 77.2 Å². The van der Waals surface area contributed by atoms with Crippen LogP contribution in [-0.4, -0.2) is 63.2 Å². The molecule has 1 aliphatic heterocycles. The molecule has 2 heterocycles. The summed E-state index contributed by atoms with van der Waals surface area (Å²) in [6, 6.07) is 13.2. The number of amides is 1. The van der Waals surface area contributed by atoms with Gasteiger partial charge in [-0.15, -0.1) is 0 Å². The monoisotopic (exact) mass is 583 g/mol. The Morgan fingerprint density at radius 3 is 2.50 bits per heavy atom. The summed E-state index contributed by atoms with van der Waals surface area (Å²) >= 11 is 0. The standard InChI is InChI=1S/C31H33F4N5O2/c1-39(2)14-6-13-37-29(41)30(23-18-25(32)28(38-20-23)24-7-4-5-8-27(24)42-3)11-15-40(16-12-30)26-10-9-22(31(33,34)35)17-21(26)19-36/h4-5,7-10,17-18,20H,6,11-16H2,1-3H3,(H,37,41). The second-order valence-corrected chi connectivity index (χ2v) is 10.6. The zero-order valence-corrected chi connectivity index (χ0v) is 23.8. The predicted octanol–water partition coefficient (Wildman–Crippen LogP) is 5.39. The minimum absolute atomic E-state index is 0.0959. The van der Waals surface area contributed by atoms with Gasteiger partial charge in [0, 0.05) is 31.4 Å². The number of carbonyl (C=O) groups is 1. The van der Waals surface area contributed by atoms with Gasteiger partial charge >= 0.3 is 6.18 Å². The van der Waals surface area contributed by atoms with Gasteiger partial charge in [-0.1, -0.05) is 12.1 Å². The van der Waals surface area contributed by atoms with Gasteiger partial charge in [-0.2, -0.15) is 18.4 Å². The van der Waals surface area contributed by atoms with Gasteiger partial charge in [-0.25, -0.2) is 4.39 Å². The first-order chi connectivity index (χ1) is 20.0. The van der Waals surface area contributed by atoms with Crippen molar-refractivity contribution in [3.63, 3.8) is 0 Å². The Bertz CT molecular complexity index is 1460. The molecule has 7 nitrogen and oxygen atoms in total. The van der Waals surface area contributed by atoms with Crippen molar-refractivity contribution < 1.29 is 27.1 Å². The number of carbonyl (C=O) groups excluding carboxylic acids is 1. The van der Waals surface area contributed by atoms with E-state index in [-0.39, 0.29) is 43.1 Å². The molecule has 42 heavy (non-hydrogen) atoms.